The summed E-state index contributed by atoms with van der Waals surface area (Å²) >= 11 is 0. The van der Waals surface area contributed by atoms with Crippen LogP contribution in [0.1, 0.15) is 19.3 Å². The molecule has 2 heteroatoms. The maximum atomic E-state index is 3.28. The van der Waals surface area contributed by atoms with Gasteiger partial charge >= 0.3 is 0 Å². The van der Waals surface area contributed by atoms with Crippen molar-refractivity contribution in [2.75, 3.05) is 13.1 Å². The second kappa shape index (κ2) is 4.71. The van der Waals surface area contributed by atoms with Crippen LogP contribution in [0, 0.1) is 0 Å². The fourth-order valence-electron chi connectivity index (χ4n) is 0.802. The van der Waals surface area contributed by atoms with Crippen LogP contribution in [0.15, 0.2) is 0 Å². The van der Waals surface area contributed by atoms with Crippen molar-refractivity contribution in [2.24, 2.45) is 0 Å². The van der Waals surface area contributed by atoms with E-state index in [2.05, 4.69) is 5.32 Å². The van der Waals surface area contributed by atoms with Gasteiger partial charge < -0.3 is 5.32 Å². The fraction of sp³-hybridized carbons (Fsp3) is 1.00. The fourth-order valence-corrected chi connectivity index (χ4v) is 0.802. The van der Waals surface area contributed by atoms with Crippen molar-refractivity contribution < 1.29 is 0 Å². The molecular weight excluding hydrogens is 81.0 g/mol. The average molecular weight is 92.1 g/mol. The van der Waals surface area contributed by atoms with Crippen LogP contribution in [0.5, 0.6) is 0 Å². The topological polar surface area (TPSA) is 12.0 Å². The number of hydrogen-bond donors (Lipinski definition) is 1. The van der Waals surface area contributed by atoms with Crippen molar-refractivity contribution in [3.05, 3.63) is 0 Å². The van der Waals surface area contributed by atoms with Gasteiger partial charge in [0.2, 0.25) is 0 Å². The minimum absolute atomic E-state index is 0. The van der Waals surface area contributed by atoms with Crippen LogP contribution in [-0.2, 0) is 0 Å². The van der Waals surface area contributed by atoms with E-state index in [4.69, 9.17) is 0 Å². The Morgan fingerprint density at radius 2 is 1.43 bits per heavy atom. The summed E-state index contributed by atoms with van der Waals surface area (Å²) in [5.41, 5.74) is 0. The van der Waals surface area contributed by atoms with E-state index < -0.39 is 0 Å². The molecule has 1 heterocycles. The molecule has 0 bridgehead atoms. The first-order chi connectivity index (χ1) is 3.00. The Labute approximate surface area is 57.0 Å². The standard InChI is InChI=1S/C5H11N.Li/c1-2-4-6-5-3-1;/h6H,1-5H2;. The van der Waals surface area contributed by atoms with Gasteiger partial charge in [-0.2, -0.15) is 0 Å². The van der Waals surface area contributed by atoms with Crippen LogP contribution in [0.4, 0.5) is 0 Å². The van der Waals surface area contributed by atoms with Crippen molar-refractivity contribution >= 4 is 18.9 Å². The average Bonchev–Trinajstić information content (AvgIpc) is 1.72. The third-order valence-electron chi connectivity index (χ3n) is 1.21. The Bertz CT molecular complexity index is 23.6. The van der Waals surface area contributed by atoms with Crippen molar-refractivity contribution in [1.29, 1.82) is 0 Å². The van der Waals surface area contributed by atoms with Crippen molar-refractivity contribution in [1.82, 2.24) is 5.32 Å². The SMILES string of the molecule is C1CCNCC1.[Li]. The largest absolute Gasteiger partial charge is 0.317 e. The van der Waals surface area contributed by atoms with E-state index in [0.717, 1.165) is 0 Å². The quantitative estimate of drug-likeness (QED) is 0.426. The molecule has 37 valence electrons. The zero-order valence-electron chi connectivity index (χ0n) is 5.04. The molecule has 0 unspecified atom stereocenters. The van der Waals surface area contributed by atoms with E-state index in [0.29, 0.717) is 0 Å². The van der Waals surface area contributed by atoms with Crippen LogP contribution in [-0.4, -0.2) is 32.0 Å². The molecule has 1 fully saturated rings. The Balaban J connectivity index is 0.000000360. The molecule has 7 heavy (non-hydrogen) atoms. The minimum Gasteiger partial charge on any atom is -0.317 e. The first kappa shape index (κ1) is 7.56. The normalized spacial score (nSPS) is 20.6. The molecule has 1 N–H and O–H groups in total. The van der Waals surface area contributed by atoms with Gasteiger partial charge in [-0.1, -0.05) is 6.42 Å². The molecule has 1 saturated heterocycles. The minimum atomic E-state index is 0. The third-order valence-corrected chi connectivity index (χ3v) is 1.21. The van der Waals surface area contributed by atoms with Gasteiger partial charge in [0.15, 0.2) is 0 Å². The molecule has 1 aliphatic heterocycles. The molecule has 0 amide bonds. The van der Waals surface area contributed by atoms with Gasteiger partial charge in [0.05, 0.1) is 0 Å². The summed E-state index contributed by atoms with van der Waals surface area (Å²) in [4.78, 5) is 0. The molecular formula is C5H11LiN. The van der Waals surface area contributed by atoms with Gasteiger partial charge in [-0.25, -0.2) is 0 Å². The van der Waals surface area contributed by atoms with E-state index >= 15 is 0 Å². The van der Waals surface area contributed by atoms with Crippen molar-refractivity contribution in [2.45, 2.75) is 19.3 Å². The van der Waals surface area contributed by atoms with Gasteiger partial charge in [-0.3, -0.25) is 0 Å². The number of rotatable bonds is 0. The van der Waals surface area contributed by atoms with E-state index in [1.807, 2.05) is 0 Å². The number of nitrogens with one attached hydrogen (secondary N) is 1. The van der Waals surface area contributed by atoms with Crippen LogP contribution < -0.4 is 5.32 Å². The summed E-state index contributed by atoms with van der Waals surface area (Å²) < 4.78 is 0. The summed E-state index contributed by atoms with van der Waals surface area (Å²) in [5, 5.41) is 3.28. The Hall–Kier alpha value is 0.557. The van der Waals surface area contributed by atoms with Gasteiger partial charge in [0.1, 0.15) is 0 Å². The maximum absolute atomic E-state index is 3.28. The molecule has 0 spiro atoms. The molecule has 0 atom stereocenters. The van der Waals surface area contributed by atoms with Gasteiger partial charge in [0, 0.05) is 18.9 Å². The Kier molecular flexibility index (Phi) is 5.08. The number of piperidine rings is 1. The van der Waals surface area contributed by atoms with E-state index in [1.165, 1.54) is 32.4 Å². The van der Waals surface area contributed by atoms with Gasteiger partial charge in [0.25, 0.3) is 0 Å². The summed E-state index contributed by atoms with van der Waals surface area (Å²) in [5.74, 6) is 0. The molecule has 1 nitrogen and oxygen atoms in total. The first-order valence-electron chi connectivity index (χ1n) is 2.71. The van der Waals surface area contributed by atoms with E-state index in [9.17, 15) is 0 Å². The van der Waals surface area contributed by atoms with Crippen molar-refractivity contribution in [3.63, 3.8) is 0 Å². The first-order valence-corrected chi connectivity index (χ1v) is 2.71. The summed E-state index contributed by atoms with van der Waals surface area (Å²) in [6.07, 6.45) is 4.22. The maximum Gasteiger partial charge on any atom is 0 e. The summed E-state index contributed by atoms with van der Waals surface area (Å²) in [6, 6.07) is 0. The molecule has 1 aliphatic rings. The third kappa shape index (κ3) is 3.17. The molecule has 0 saturated carbocycles. The predicted octanol–water partition coefficient (Wildman–Crippen LogP) is 0.379. The number of hydrogen-bond acceptors (Lipinski definition) is 1. The second-order valence-electron chi connectivity index (χ2n) is 1.81. The van der Waals surface area contributed by atoms with Crippen LogP contribution in [0.25, 0.3) is 0 Å². The van der Waals surface area contributed by atoms with Crippen LogP contribution >= 0.6 is 0 Å². The molecule has 1 rings (SSSR count). The molecule has 0 aromatic heterocycles. The molecule has 0 aromatic carbocycles. The molecule has 1 radical (unpaired) electrons. The summed E-state index contributed by atoms with van der Waals surface area (Å²) in [6.45, 7) is 2.50. The molecule has 0 aromatic rings. The van der Waals surface area contributed by atoms with Crippen molar-refractivity contribution in [3.8, 4) is 0 Å². The Morgan fingerprint density at radius 3 is 1.57 bits per heavy atom. The van der Waals surface area contributed by atoms with Crippen LogP contribution in [0.3, 0.4) is 0 Å². The predicted molar refractivity (Wildman–Crippen MR) is 32.5 cm³/mol. The zero-order valence-corrected chi connectivity index (χ0v) is 5.04. The summed E-state index contributed by atoms with van der Waals surface area (Å²) in [7, 11) is 0. The van der Waals surface area contributed by atoms with E-state index in [1.54, 1.807) is 0 Å². The van der Waals surface area contributed by atoms with Gasteiger partial charge in [-0.15, -0.1) is 0 Å². The van der Waals surface area contributed by atoms with Crippen LogP contribution in [0.2, 0.25) is 0 Å². The van der Waals surface area contributed by atoms with E-state index in [-0.39, 0.29) is 18.9 Å². The molecule has 0 aliphatic carbocycles. The monoisotopic (exact) mass is 92.1 g/mol. The zero-order chi connectivity index (χ0) is 4.24. The smallest absolute Gasteiger partial charge is 0 e. The van der Waals surface area contributed by atoms with Gasteiger partial charge in [-0.05, 0) is 25.9 Å². The second-order valence-corrected chi connectivity index (χ2v) is 1.81. The Morgan fingerprint density at radius 1 is 0.857 bits per heavy atom.